The fourth-order valence-corrected chi connectivity index (χ4v) is 5.15. The van der Waals surface area contributed by atoms with Crippen LogP contribution in [0.5, 0.6) is 5.75 Å². The zero-order chi connectivity index (χ0) is 19.8. The maximum atomic E-state index is 6.55. The van der Waals surface area contributed by atoms with Gasteiger partial charge in [-0.15, -0.1) is 11.3 Å². The quantitative estimate of drug-likeness (QED) is 0.684. The zero-order valence-corrected chi connectivity index (χ0v) is 18.6. The van der Waals surface area contributed by atoms with Gasteiger partial charge in [-0.25, -0.2) is 4.98 Å². The Balaban J connectivity index is 2.05. The summed E-state index contributed by atoms with van der Waals surface area (Å²) in [6.07, 6.45) is 1.92. The Morgan fingerprint density at radius 3 is 2.44 bits per heavy atom. The van der Waals surface area contributed by atoms with Gasteiger partial charge in [-0.2, -0.15) is 0 Å². The van der Waals surface area contributed by atoms with Gasteiger partial charge < -0.3 is 9.47 Å². The summed E-state index contributed by atoms with van der Waals surface area (Å²) in [5.74, 6) is 0.748. The Bertz CT molecular complexity index is 805. The van der Waals surface area contributed by atoms with Crippen molar-refractivity contribution in [3.63, 3.8) is 0 Å². The number of hydrogen-bond donors (Lipinski definition) is 0. The van der Waals surface area contributed by atoms with E-state index < -0.39 is 0 Å². The van der Waals surface area contributed by atoms with Gasteiger partial charge in [0.1, 0.15) is 10.8 Å². The maximum Gasteiger partial charge on any atom is 0.141 e. The Labute approximate surface area is 171 Å². The number of rotatable bonds is 4. The van der Waals surface area contributed by atoms with Crippen LogP contribution in [0.3, 0.4) is 0 Å². The van der Waals surface area contributed by atoms with Gasteiger partial charge >= 0.3 is 0 Å². The highest BCUT2D eigenvalue weighted by Gasteiger charge is 2.39. The van der Waals surface area contributed by atoms with Gasteiger partial charge in [0.05, 0.1) is 23.4 Å². The number of hydrogen-bond acceptors (Lipinski definition) is 5. The summed E-state index contributed by atoms with van der Waals surface area (Å²) in [7, 11) is 5.94. The van der Waals surface area contributed by atoms with E-state index in [9.17, 15) is 0 Å². The summed E-state index contributed by atoms with van der Waals surface area (Å²) in [5.41, 5.74) is 2.97. The molecule has 2 heterocycles. The molecule has 0 spiro atoms. The third-order valence-corrected chi connectivity index (χ3v) is 6.75. The second-order valence-electron chi connectivity index (χ2n) is 8.37. The van der Waals surface area contributed by atoms with Crippen molar-refractivity contribution in [2.24, 2.45) is 0 Å². The molecule has 2 aromatic rings. The number of nitrogens with zero attached hydrogens (tertiary/aromatic N) is 2. The second-order valence-corrected chi connectivity index (χ2v) is 9.63. The van der Waals surface area contributed by atoms with Gasteiger partial charge in [-0.05, 0) is 44.5 Å². The van der Waals surface area contributed by atoms with E-state index in [2.05, 4.69) is 51.2 Å². The first kappa shape index (κ1) is 20.6. The summed E-state index contributed by atoms with van der Waals surface area (Å²) >= 11 is 8.27. The molecule has 0 radical (unpaired) electrons. The van der Waals surface area contributed by atoms with Gasteiger partial charge in [-0.3, -0.25) is 4.90 Å². The Morgan fingerprint density at radius 2 is 1.89 bits per heavy atom. The SMILES string of the molecule is COc1c(Cl)cc(-c2csc(C3(N(C)C)CCOCC3)n2)cc1C(C)(C)C. The predicted octanol–water partition coefficient (Wildman–Crippen LogP) is 5.34. The minimum absolute atomic E-state index is 0.0513. The van der Waals surface area contributed by atoms with E-state index in [0.717, 1.165) is 53.6 Å². The van der Waals surface area contributed by atoms with E-state index >= 15 is 0 Å². The molecule has 0 saturated carbocycles. The van der Waals surface area contributed by atoms with Crippen LogP contribution in [0.15, 0.2) is 17.5 Å². The summed E-state index contributed by atoms with van der Waals surface area (Å²) < 4.78 is 11.2. The zero-order valence-electron chi connectivity index (χ0n) is 17.1. The van der Waals surface area contributed by atoms with Crippen molar-refractivity contribution < 1.29 is 9.47 Å². The molecule has 0 N–H and O–H groups in total. The summed E-state index contributed by atoms with van der Waals surface area (Å²) in [6, 6.07) is 4.12. The van der Waals surface area contributed by atoms with Crippen LogP contribution >= 0.6 is 22.9 Å². The van der Waals surface area contributed by atoms with Gasteiger partial charge in [0.25, 0.3) is 0 Å². The highest BCUT2D eigenvalue weighted by molar-refractivity contribution is 7.10. The fourth-order valence-electron chi connectivity index (χ4n) is 3.69. The number of ether oxygens (including phenoxy) is 2. The lowest BCUT2D eigenvalue weighted by Gasteiger charge is -2.41. The van der Waals surface area contributed by atoms with Crippen LogP contribution in [0.4, 0.5) is 0 Å². The molecule has 0 bridgehead atoms. The van der Waals surface area contributed by atoms with Crippen molar-refractivity contribution in [2.45, 2.75) is 44.6 Å². The normalized spacial score (nSPS) is 17.3. The molecular formula is C21H29ClN2O2S. The average molecular weight is 409 g/mol. The Hall–Kier alpha value is -1.14. The summed E-state index contributed by atoms with van der Waals surface area (Å²) in [4.78, 5) is 7.33. The standard InChI is InChI=1S/C21H29ClN2O2S/c1-20(2,3)15-11-14(12-16(22)18(15)25-6)17-13-27-19(23-17)21(24(4)5)7-9-26-10-8-21/h11-13H,7-10H2,1-6H3. The third-order valence-electron chi connectivity index (χ3n) is 5.43. The molecule has 0 unspecified atom stereocenters. The molecular weight excluding hydrogens is 380 g/mol. The number of benzene rings is 1. The lowest BCUT2D eigenvalue weighted by Crippen LogP contribution is -2.45. The van der Waals surface area contributed by atoms with E-state index in [0.29, 0.717) is 5.02 Å². The van der Waals surface area contributed by atoms with Crippen LogP contribution in [-0.2, 0) is 15.7 Å². The van der Waals surface area contributed by atoms with Crippen LogP contribution in [-0.4, -0.2) is 44.3 Å². The Kier molecular flexibility index (Phi) is 5.88. The molecule has 1 aliphatic rings. The highest BCUT2D eigenvalue weighted by Crippen LogP contribution is 2.43. The molecule has 148 valence electrons. The van der Waals surface area contributed by atoms with E-state index in [-0.39, 0.29) is 11.0 Å². The van der Waals surface area contributed by atoms with E-state index in [4.69, 9.17) is 26.1 Å². The van der Waals surface area contributed by atoms with Gasteiger partial charge in [0, 0.05) is 29.7 Å². The van der Waals surface area contributed by atoms with Crippen molar-refractivity contribution in [3.05, 3.63) is 33.1 Å². The van der Waals surface area contributed by atoms with Crippen LogP contribution in [0, 0.1) is 0 Å². The summed E-state index contributed by atoms with van der Waals surface area (Å²) in [5, 5.41) is 3.92. The van der Waals surface area contributed by atoms with Crippen LogP contribution < -0.4 is 4.74 Å². The second kappa shape index (κ2) is 7.70. The van der Waals surface area contributed by atoms with Crippen LogP contribution in [0.25, 0.3) is 11.3 Å². The molecule has 1 aromatic heterocycles. The molecule has 0 atom stereocenters. The Morgan fingerprint density at radius 1 is 1.22 bits per heavy atom. The maximum absolute atomic E-state index is 6.55. The minimum atomic E-state index is -0.0740. The molecule has 1 aromatic carbocycles. The monoisotopic (exact) mass is 408 g/mol. The topological polar surface area (TPSA) is 34.6 Å². The third kappa shape index (κ3) is 3.88. The molecule has 3 rings (SSSR count). The lowest BCUT2D eigenvalue weighted by atomic mass is 9.85. The van der Waals surface area contributed by atoms with E-state index in [1.54, 1.807) is 18.4 Å². The van der Waals surface area contributed by atoms with Gasteiger partial charge in [0.15, 0.2) is 0 Å². The molecule has 1 aliphatic heterocycles. The van der Waals surface area contributed by atoms with Crippen molar-refractivity contribution >= 4 is 22.9 Å². The predicted molar refractivity (Wildman–Crippen MR) is 113 cm³/mol. The lowest BCUT2D eigenvalue weighted by molar-refractivity contribution is -0.0106. The first-order valence-corrected chi connectivity index (χ1v) is 10.5. The molecule has 27 heavy (non-hydrogen) atoms. The van der Waals surface area contributed by atoms with Gasteiger partial charge in [-0.1, -0.05) is 32.4 Å². The number of halogens is 1. The first-order valence-electron chi connectivity index (χ1n) is 9.28. The summed E-state index contributed by atoms with van der Waals surface area (Å²) in [6.45, 7) is 8.05. The molecule has 0 aliphatic carbocycles. The van der Waals surface area contributed by atoms with Crippen molar-refractivity contribution in [1.82, 2.24) is 9.88 Å². The number of thiazole rings is 1. The van der Waals surface area contributed by atoms with Crippen molar-refractivity contribution in [3.8, 4) is 17.0 Å². The van der Waals surface area contributed by atoms with Crippen LogP contribution in [0.2, 0.25) is 5.02 Å². The van der Waals surface area contributed by atoms with Crippen molar-refractivity contribution in [2.75, 3.05) is 34.4 Å². The molecule has 4 nitrogen and oxygen atoms in total. The molecule has 1 fully saturated rings. The molecule has 1 saturated heterocycles. The number of methoxy groups -OCH3 is 1. The molecule has 0 amide bonds. The molecule has 6 heteroatoms. The highest BCUT2D eigenvalue weighted by atomic mass is 35.5. The van der Waals surface area contributed by atoms with Crippen LogP contribution in [0.1, 0.15) is 44.2 Å². The smallest absolute Gasteiger partial charge is 0.141 e. The van der Waals surface area contributed by atoms with E-state index in [1.807, 2.05) is 6.07 Å². The largest absolute Gasteiger partial charge is 0.495 e. The fraction of sp³-hybridized carbons (Fsp3) is 0.571. The van der Waals surface area contributed by atoms with E-state index in [1.165, 1.54) is 0 Å². The van der Waals surface area contributed by atoms with Crippen molar-refractivity contribution in [1.29, 1.82) is 0 Å². The number of aromatic nitrogens is 1. The average Bonchev–Trinajstić information content (AvgIpc) is 3.11. The first-order chi connectivity index (χ1) is 12.7. The van der Waals surface area contributed by atoms with Gasteiger partial charge in [0.2, 0.25) is 0 Å². The minimum Gasteiger partial charge on any atom is -0.495 e.